The molecule has 1 N–H and O–H groups in total. The molecule has 0 aliphatic carbocycles. The third kappa shape index (κ3) is 3.20. The van der Waals surface area contributed by atoms with E-state index < -0.39 is 0 Å². The third-order valence-electron chi connectivity index (χ3n) is 3.80. The van der Waals surface area contributed by atoms with Crippen molar-refractivity contribution in [3.8, 4) is 0 Å². The maximum Gasteiger partial charge on any atom is 0.135 e. The van der Waals surface area contributed by atoms with Gasteiger partial charge in [-0.1, -0.05) is 13.8 Å². The minimum Gasteiger partial charge on any atom is -0.376 e. The molecule has 2 atom stereocenters. The molecule has 5 nitrogen and oxygen atoms in total. The van der Waals surface area contributed by atoms with Crippen LogP contribution < -0.4 is 10.2 Å². The lowest BCUT2D eigenvalue weighted by Gasteiger charge is -2.28. The van der Waals surface area contributed by atoms with Gasteiger partial charge in [0.05, 0.1) is 12.1 Å². The number of hydrogen-bond donors (Lipinski definition) is 1. The van der Waals surface area contributed by atoms with Crippen LogP contribution in [0, 0.1) is 0 Å². The molecule has 1 aliphatic heterocycles. The molecule has 5 heteroatoms. The monoisotopic (exact) mass is 278 g/mol. The summed E-state index contributed by atoms with van der Waals surface area (Å²) in [5, 5.41) is 3.29. The lowest BCUT2D eigenvalue weighted by atomic mass is 10.1. The molecule has 20 heavy (non-hydrogen) atoms. The van der Waals surface area contributed by atoms with Crippen molar-refractivity contribution < 1.29 is 4.74 Å². The number of aromatic nitrogens is 2. The summed E-state index contributed by atoms with van der Waals surface area (Å²) >= 11 is 0. The van der Waals surface area contributed by atoms with E-state index in [1.807, 2.05) is 6.07 Å². The fourth-order valence-electron chi connectivity index (χ4n) is 2.56. The van der Waals surface area contributed by atoms with Crippen LogP contribution in [-0.4, -0.2) is 42.3 Å². The average Bonchev–Trinajstić information content (AvgIpc) is 2.84. The lowest BCUT2D eigenvalue weighted by Crippen LogP contribution is -2.37. The second-order valence-corrected chi connectivity index (χ2v) is 5.70. The van der Waals surface area contributed by atoms with Gasteiger partial charge in [-0.15, -0.1) is 0 Å². The molecule has 2 heterocycles. The van der Waals surface area contributed by atoms with Crippen molar-refractivity contribution in [2.24, 2.45) is 0 Å². The minimum absolute atomic E-state index is 0.250. The van der Waals surface area contributed by atoms with Gasteiger partial charge in [0.2, 0.25) is 0 Å². The van der Waals surface area contributed by atoms with Gasteiger partial charge in [-0.05, 0) is 20.3 Å². The van der Waals surface area contributed by atoms with Crippen LogP contribution in [-0.2, 0) is 4.74 Å². The van der Waals surface area contributed by atoms with Crippen LogP contribution in [0.5, 0.6) is 0 Å². The van der Waals surface area contributed by atoms with Gasteiger partial charge in [0.25, 0.3) is 0 Å². The Bertz CT molecular complexity index is 449. The Morgan fingerprint density at radius 3 is 2.75 bits per heavy atom. The highest BCUT2D eigenvalue weighted by molar-refractivity contribution is 5.50. The van der Waals surface area contributed by atoms with Crippen LogP contribution in [0.2, 0.25) is 0 Å². The summed E-state index contributed by atoms with van der Waals surface area (Å²) < 4.78 is 5.66. The topological polar surface area (TPSA) is 50.3 Å². The molecule has 0 spiro atoms. The Hall–Kier alpha value is -1.36. The zero-order chi connectivity index (χ0) is 14.7. The van der Waals surface area contributed by atoms with E-state index in [0.717, 1.165) is 37.0 Å². The van der Waals surface area contributed by atoms with E-state index in [4.69, 9.17) is 9.72 Å². The first-order chi connectivity index (χ1) is 9.52. The summed E-state index contributed by atoms with van der Waals surface area (Å²) in [6.45, 7) is 10.1. The lowest BCUT2D eigenvalue weighted by molar-refractivity contribution is 0.118. The number of nitrogens with one attached hydrogen (secondary N) is 1. The number of likely N-dealkylation sites (N-methyl/N-ethyl adjacent to an activating group) is 1. The van der Waals surface area contributed by atoms with Crippen LogP contribution in [0.3, 0.4) is 0 Å². The fraction of sp³-hybridized carbons (Fsp3) is 0.733. The van der Waals surface area contributed by atoms with Gasteiger partial charge in [0.1, 0.15) is 17.5 Å². The highest BCUT2D eigenvalue weighted by Gasteiger charge is 2.29. The van der Waals surface area contributed by atoms with Crippen molar-refractivity contribution in [1.82, 2.24) is 9.97 Å². The summed E-state index contributed by atoms with van der Waals surface area (Å²) in [7, 11) is 2.10. The summed E-state index contributed by atoms with van der Waals surface area (Å²) in [5.74, 6) is 3.08. The van der Waals surface area contributed by atoms with E-state index in [1.165, 1.54) is 0 Å². The molecule has 2 rings (SSSR count). The molecule has 2 unspecified atom stereocenters. The number of anilines is 2. The standard InChI is InChI=1S/C15H26N4O/c1-6-16-13-9-14(18-15(17-13)10(2)3)19(5)12-7-8-20-11(12)4/h9-12H,6-8H2,1-5H3,(H,16,17,18). The molecule has 1 aromatic heterocycles. The number of ether oxygens (including phenoxy) is 1. The van der Waals surface area contributed by atoms with Crippen LogP contribution in [0.1, 0.15) is 45.9 Å². The summed E-state index contributed by atoms with van der Waals surface area (Å²) in [6.07, 6.45) is 1.30. The van der Waals surface area contributed by atoms with Gasteiger partial charge in [-0.3, -0.25) is 0 Å². The molecule has 0 radical (unpaired) electrons. The highest BCUT2D eigenvalue weighted by Crippen LogP contribution is 2.25. The molecule has 0 amide bonds. The first kappa shape index (κ1) is 15.0. The SMILES string of the molecule is CCNc1cc(N(C)C2CCOC2C)nc(C(C)C)n1. The Labute approximate surface area is 121 Å². The normalized spacial score (nSPS) is 22.3. The van der Waals surface area contributed by atoms with Crippen molar-refractivity contribution in [2.75, 3.05) is 30.4 Å². The molecule has 0 bridgehead atoms. The van der Waals surface area contributed by atoms with E-state index in [2.05, 4.69) is 49.9 Å². The van der Waals surface area contributed by atoms with Crippen LogP contribution >= 0.6 is 0 Å². The molecule has 1 aliphatic rings. The average molecular weight is 278 g/mol. The van der Waals surface area contributed by atoms with Gasteiger partial charge in [-0.2, -0.15) is 0 Å². The Kier molecular flexibility index (Phi) is 4.81. The van der Waals surface area contributed by atoms with Crippen molar-refractivity contribution in [3.63, 3.8) is 0 Å². The van der Waals surface area contributed by atoms with Crippen molar-refractivity contribution in [3.05, 3.63) is 11.9 Å². The maximum atomic E-state index is 5.66. The zero-order valence-corrected chi connectivity index (χ0v) is 13.2. The van der Waals surface area contributed by atoms with E-state index in [0.29, 0.717) is 12.0 Å². The van der Waals surface area contributed by atoms with E-state index in [1.54, 1.807) is 0 Å². The quantitative estimate of drug-likeness (QED) is 0.897. The molecular weight excluding hydrogens is 252 g/mol. The van der Waals surface area contributed by atoms with E-state index in [-0.39, 0.29) is 6.10 Å². The second-order valence-electron chi connectivity index (χ2n) is 5.70. The molecule has 0 aromatic carbocycles. The predicted molar refractivity (Wildman–Crippen MR) is 82.5 cm³/mol. The molecule has 112 valence electrons. The van der Waals surface area contributed by atoms with E-state index in [9.17, 15) is 0 Å². The zero-order valence-electron chi connectivity index (χ0n) is 13.2. The van der Waals surface area contributed by atoms with E-state index >= 15 is 0 Å². The van der Waals surface area contributed by atoms with Crippen molar-refractivity contribution in [1.29, 1.82) is 0 Å². The maximum absolute atomic E-state index is 5.66. The van der Waals surface area contributed by atoms with Gasteiger partial charge >= 0.3 is 0 Å². The van der Waals surface area contributed by atoms with Crippen LogP contribution in [0.4, 0.5) is 11.6 Å². The van der Waals surface area contributed by atoms with Gasteiger partial charge in [-0.25, -0.2) is 9.97 Å². The molecule has 1 saturated heterocycles. The van der Waals surface area contributed by atoms with Crippen molar-refractivity contribution >= 4 is 11.6 Å². The van der Waals surface area contributed by atoms with Crippen LogP contribution in [0.15, 0.2) is 6.07 Å². The van der Waals surface area contributed by atoms with Crippen molar-refractivity contribution in [2.45, 2.75) is 52.2 Å². The summed E-state index contributed by atoms with van der Waals surface area (Å²) in [4.78, 5) is 11.5. The third-order valence-corrected chi connectivity index (χ3v) is 3.80. The largest absolute Gasteiger partial charge is 0.376 e. The molecule has 0 saturated carbocycles. The Morgan fingerprint density at radius 1 is 1.45 bits per heavy atom. The number of hydrogen-bond acceptors (Lipinski definition) is 5. The van der Waals surface area contributed by atoms with Gasteiger partial charge in [0, 0.05) is 32.2 Å². The summed E-state index contributed by atoms with van der Waals surface area (Å²) in [6, 6.07) is 2.42. The minimum atomic E-state index is 0.250. The second kappa shape index (κ2) is 6.39. The first-order valence-corrected chi connectivity index (χ1v) is 7.50. The molecule has 1 aromatic rings. The van der Waals surface area contributed by atoms with Gasteiger partial charge < -0.3 is 15.0 Å². The molecular formula is C15H26N4O. The fourth-order valence-corrected chi connectivity index (χ4v) is 2.56. The Morgan fingerprint density at radius 2 is 2.20 bits per heavy atom. The first-order valence-electron chi connectivity index (χ1n) is 7.50. The predicted octanol–water partition coefficient (Wildman–Crippen LogP) is 2.65. The highest BCUT2D eigenvalue weighted by atomic mass is 16.5. The summed E-state index contributed by atoms with van der Waals surface area (Å²) in [5.41, 5.74) is 0. The smallest absolute Gasteiger partial charge is 0.135 e. The van der Waals surface area contributed by atoms with Gasteiger partial charge in [0.15, 0.2) is 0 Å². The molecule has 1 fully saturated rings. The Balaban J connectivity index is 2.29. The van der Waals surface area contributed by atoms with Crippen LogP contribution in [0.25, 0.3) is 0 Å². The number of rotatable bonds is 5. The number of nitrogens with zero attached hydrogens (tertiary/aromatic N) is 3.